The van der Waals surface area contributed by atoms with Crippen LogP contribution in [0.4, 0.5) is 8.78 Å². The van der Waals surface area contributed by atoms with Gasteiger partial charge in [0.2, 0.25) is 15.7 Å². The van der Waals surface area contributed by atoms with Crippen LogP contribution in [0.25, 0.3) is 0 Å². The van der Waals surface area contributed by atoms with Gasteiger partial charge in [-0.3, -0.25) is 4.79 Å². The first-order valence-electron chi connectivity index (χ1n) is 8.02. The Kier molecular flexibility index (Phi) is 6.40. The molecular formula is C16H21ClF2N2O3S. The van der Waals surface area contributed by atoms with E-state index in [2.05, 4.69) is 5.32 Å². The van der Waals surface area contributed by atoms with Crippen molar-refractivity contribution >= 4 is 28.2 Å². The monoisotopic (exact) mass is 394 g/mol. The van der Waals surface area contributed by atoms with Crippen molar-refractivity contribution in [2.75, 3.05) is 13.1 Å². The SMILES string of the molecule is Cl.O=C(Cc1ccc(S(=O)(=O)C(F)F)cc1)N1C2CCNCC1CC2. The Morgan fingerprint density at radius 2 is 1.80 bits per heavy atom. The molecule has 9 heteroatoms. The minimum Gasteiger partial charge on any atom is -0.335 e. The Labute approximate surface area is 152 Å². The van der Waals surface area contributed by atoms with Crippen LogP contribution in [0.15, 0.2) is 29.2 Å². The number of fused-ring (bicyclic) bond motifs is 2. The molecule has 25 heavy (non-hydrogen) atoms. The number of nitrogens with one attached hydrogen (secondary N) is 1. The Bertz CT molecular complexity index is 699. The molecule has 2 heterocycles. The second kappa shape index (κ2) is 7.97. The van der Waals surface area contributed by atoms with E-state index in [1.165, 1.54) is 12.1 Å². The van der Waals surface area contributed by atoms with Gasteiger partial charge in [0.25, 0.3) is 0 Å². The van der Waals surface area contributed by atoms with Crippen molar-refractivity contribution in [2.45, 2.75) is 48.4 Å². The minimum atomic E-state index is -4.59. The highest BCUT2D eigenvalue weighted by Gasteiger charge is 2.37. The lowest BCUT2D eigenvalue weighted by molar-refractivity contribution is -0.133. The number of nitrogens with zero attached hydrogens (tertiary/aromatic N) is 1. The maximum absolute atomic E-state index is 12.6. The number of alkyl halides is 2. The molecule has 2 saturated heterocycles. The third-order valence-electron chi connectivity index (χ3n) is 4.78. The Balaban J connectivity index is 0.00000225. The van der Waals surface area contributed by atoms with Crippen LogP contribution >= 0.6 is 12.4 Å². The third-order valence-corrected chi connectivity index (χ3v) is 6.18. The van der Waals surface area contributed by atoms with E-state index < -0.39 is 20.5 Å². The lowest BCUT2D eigenvalue weighted by Crippen LogP contribution is -2.43. The molecule has 2 atom stereocenters. The molecule has 1 N–H and O–H groups in total. The summed E-state index contributed by atoms with van der Waals surface area (Å²) in [6.45, 7) is 1.71. The number of hydrogen-bond acceptors (Lipinski definition) is 4. The van der Waals surface area contributed by atoms with Crippen molar-refractivity contribution in [3.05, 3.63) is 29.8 Å². The van der Waals surface area contributed by atoms with E-state index >= 15 is 0 Å². The van der Waals surface area contributed by atoms with E-state index in [9.17, 15) is 22.0 Å². The summed E-state index contributed by atoms with van der Waals surface area (Å²) in [5.41, 5.74) is 0.629. The van der Waals surface area contributed by atoms with Crippen LogP contribution in [-0.2, 0) is 21.1 Å². The molecule has 140 valence electrons. The number of halogens is 3. The molecule has 2 aliphatic rings. The standard InChI is InChI=1S/C16H20F2N2O3S.ClH/c17-16(18)24(22,23)14-5-1-11(2-6-14)9-15(21)20-12-3-4-13(20)10-19-8-7-12;/h1-2,5-6,12-13,16,19H,3-4,7-10H2;1H. The predicted octanol–water partition coefficient (Wildman–Crippen LogP) is 2.00. The highest BCUT2D eigenvalue weighted by Crippen LogP contribution is 2.28. The highest BCUT2D eigenvalue weighted by molar-refractivity contribution is 7.91. The summed E-state index contributed by atoms with van der Waals surface area (Å²) < 4.78 is 47.9. The summed E-state index contributed by atoms with van der Waals surface area (Å²) in [6.07, 6.45) is 3.11. The molecule has 0 aromatic heterocycles. The topological polar surface area (TPSA) is 66.5 Å². The molecule has 2 fully saturated rings. The number of benzene rings is 1. The van der Waals surface area contributed by atoms with Crippen molar-refractivity contribution < 1.29 is 22.0 Å². The molecule has 0 aliphatic carbocycles. The van der Waals surface area contributed by atoms with E-state index in [0.29, 0.717) is 5.56 Å². The molecule has 2 unspecified atom stereocenters. The highest BCUT2D eigenvalue weighted by atomic mass is 35.5. The van der Waals surface area contributed by atoms with Crippen molar-refractivity contribution in [2.24, 2.45) is 0 Å². The fraction of sp³-hybridized carbons (Fsp3) is 0.562. The fourth-order valence-electron chi connectivity index (χ4n) is 3.56. The largest absolute Gasteiger partial charge is 0.341 e. The Morgan fingerprint density at radius 3 is 2.44 bits per heavy atom. The molecule has 2 aliphatic heterocycles. The molecule has 2 bridgehead atoms. The first kappa shape index (κ1) is 20.1. The van der Waals surface area contributed by atoms with Gasteiger partial charge < -0.3 is 10.2 Å². The summed E-state index contributed by atoms with van der Waals surface area (Å²) in [7, 11) is -4.59. The second-order valence-electron chi connectivity index (χ2n) is 6.31. The number of carbonyl (C=O) groups is 1. The van der Waals surface area contributed by atoms with E-state index in [0.717, 1.165) is 44.5 Å². The van der Waals surface area contributed by atoms with Crippen molar-refractivity contribution in [1.29, 1.82) is 0 Å². The lowest BCUT2D eigenvalue weighted by atomic mass is 10.1. The number of rotatable bonds is 4. The number of carbonyl (C=O) groups excluding carboxylic acids is 1. The minimum absolute atomic E-state index is 0. The summed E-state index contributed by atoms with van der Waals surface area (Å²) in [4.78, 5) is 14.2. The van der Waals surface area contributed by atoms with Crippen molar-refractivity contribution in [1.82, 2.24) is 10.2 Å². The van der Waals surface area contributed by atoms with Gasteiger partial charge in [0.05, 0.1) is 11.3 Å². The van der Waals surface area contributed by atoms with Gasteiger partial charge in [0.15, 0.2) is 0 Å². The van der Waals surface area contributed by atoms with Crippen LogP contribution in [0.5, 0.6) is 0 Å². The van der Waals surface area contributed by atoms with E-state index in [-0.39, 0.29) is 36.8 Å². The van der Waals surface area contributed by atoms with E-state index in [4.69, 9.17) is 0 Å². The van der Waals surface area contributed by atoms with Crippen LogP contribution in [-0.4, -0.2) is 50.2 Å². The zero-order valence-corrected chi connectivity index (χ0v) is 15.2. The van der Waals surface area contributed by atoms with Gasteiger partial charge in [0, 0.05) is 18.6 Å². The van der Waals surface area contributed by atoms with E-state index in [1.807, 2.05) is 4.90 Å². The van der Waals surface area contributed by atoms with Crippen LogP contribution in [0.3, 0.4) is 0 Å². The van der Waals surface area contributed by atoms with Crippen LogP contribution < -0.4 is 5.32 Å². The molecule has 3 rings (SSSR count). The van der Waals surface area contributed by atoms with Gasteiger partial charge in [-0.2, -0.15) is 8.78 Å². The summed E-state index contributed by atoms with van der Waals surface area (Å²) in [5.74, 6) is -3.43. The molecule has 1 amide bonds. The quantitative estimate of drug-likeness (QED) is 0.848. The first-order chi connectivity index (χ1) is 11.4. The second-order valence-corrected chi connectivity index (χ2v) is 8.22. The van der Waals surface area contributed by atoms with Gasteiger partial charge in [0.1, 0.15) is 0 Å². The molecular weight excluding hydrogens is 374 g/mol. The number of amides is 1. The van der Waals surface area contributed by atoms with Gasteiger partial charge >= 0.3 is 5.76 Å². The van der Waals surface area contributed by atoms with E-state index in [1.54, 1.807) is 0 Å². The molecule has 1 aromatic carbocycles. The maximum Gasteiger partial charge on any atom is 0.341 e. The van der Waals surface area contributed by atoms with Gasteiger partial charge in [-0.1, -0.05) is 12.1 Å². The van der Waals surface area contributed by atoms with Gasteiger partial charge in [-0.15, -0.1) is 12.4 Å². The third kappa shape index (κ3) is 4.12. The average molecular weight is 395 g/mol. The number of hydrogen-bond donors (Lipinski definition) is 1. The zero-order chi connectivity index (χ0) is 17.3. The normalized spacial score (nSPS) is 23.2. The van der Waals surface area contributed by atoms with Gasteiger partial charge in [-0.25, -0.2) is 8.42 Å². The molecule has 0 saturated carbocycles. The summed E-state index contributed by atoms with van der Waals surface area (Å²) in [6, 6.07) is 5.63. The van der Waals surface area contributed by atoms with Crippen molar-refractivity contribution in [3.8, 4) is 0 Å². The van der Waals surface area contributed by atoms with Gasteiger partial charge in [-0.05, 0) is 43.5 Å². The smallest absolute Gasteiger partial charge is 0.335 e. The van der Waals surface area contributed by atoms with Crippen LogP contribution in [0, 0.1) is 0 Å². The first-order valence-corrected chi connectivity index (χ1v) is 9.57. The maximum atomic E-state index is 12.6. The molecule has 0 spiro atoms. The molecule has 0 radical (unpaired) electrons. The lowest BCUT2D eigenvalue weighted by Gasteiger charge is -2.28. The van der Waals surface area contributed by atoms with Crippen molar-refractivity contribution in [3.63, 3.8) is 0 Å². The van der Waals surface area contributed by atoms with Crippen LogP contribution in [0.1, 0.15) is 24.8 Å². The predicted molar refractivity (Wildman–Crippen MR) is 91.7 cm³/mol. The summed E-state index contributed by atoms with van der Waals surface area (Å²) >= 11 is 0. The fourth-order valence-corrected chi connectivity index (χ4v) is 4.28. The number of sulfone groups is 1. The molecule has 1 aromatic rings. The Morgan fingerprint density at radius 1 is 1.16 bits per heavy atom. The summed E-state index contributed by atoms with van der Waals surface area (Å²) in [5, 5.41) is 3.33. The Hall–Kier alpha value is -1.25. The van der Waals surface area contributed by atoms with Crippen LogP contribution in [0.2, 0.25) is 0 Å². The zero-order valence-electron chi connectivity index (χ0n) is 13.5. The average Bonchev–Trinajstić information content (AvgIpc) is 2.80. The molecule has 5 nitrogen and oxygen atoms in total.